The maximum Gasteiger partial charge on any atom is 0.326 e. The van der Waals surface area contributed by atoms with E-state index in [-0.39, 0.29) is 23.8 Å². The lowest BCUT2D eigenvalue weighted by Gasteiger charge is -2.38. The van der Waals surface area contributed by atoms with Crippen molar-refractivity contribution in [2.45, 2.75) is 56.5 Å². The minimum atomic E-state index is -4.16. The Kier molecular flexibility index (Phi) is 8.76. The van der Waals surface area contributed by atoms with E-state index >= 15 is 0 Å². The second-order valence-electron chi connectivity index (χ2n) is 8.87. The number of sulfonamides is 1. The Balaban J connectivity index is 1.91. The number of nitrogens with one attached hydrogen (secondary N) is 2. The molecule has 35 heavy (non-hydrogen) atoms. The lowest BCUT2D eigenvalue weighted by molar-refractivity contribution is -0.153. The maximum absolute atomic E-state index is 13.5. The van der Waals surface area contributed by atoms with Gasteiger partial charge in [-0.15, -0.1) is 0 Å². The molecule has 1 saturated heterocycles. The Hall–Kier alpha value is -3.09. The number of para-hydroxylation sites is 1. The number of benzene rings is 1. The molecule has 1 aromatic carbocycles. The molecule has 0 radical (unpaired) electrons. The number of hydrazine groups is 1. The third-order valence-electron chi connectivity index (χ3n) is 6.07. The quantitative estimate of drug-likeness (QED) is 0.123. The van der Waals surface area contributed by atoms with Crippen LogP contribution in [-0.4, -0.2) is 66.8 Å². The Morgan fingerprint density at radius 1 is 1.40 bits per heavy atom. The summed E-state index contributed by atoms with van der Waals surface area (Å²) in [5.74, 6) is 3.66. The molecule has 0 unspecified atom stereocenters. The van der Waals surface area contributed by atoms with E-state index < -0.39 is 34.0 Å². The number of aliphatic carboxylic acids is 1. The van der Waals surface area contributed by atoms with Crippen LogP contribution in [0.2, 0.25) is 0 Å². The molecule has 1 amide bonds. The van der Waals surface area contributed by atoms with Crippen LogP contribution in [0, 0.1) is 12.8 Å². The molecule has 5 N–H and O–H groups in total. The molecular formula is C23H32N6O5S. The Labute approximate surface area is 204 Å². The minimum absolute atomic E-state index is 0.0415. The third-order valence-corrected chi connectivity index (χ3v) is 7.58. The maximum atomic E-state index is 13.5. The fraction of sp³-hybridized carbons (Fsp3) is 0.478. The normalized spacial score (nSPS) is 19.7. The first-order valence-corrected chi connectivity index (χ1v) is 13.0. The van der Waals surface area contributed by atoms with Gasteiger partial charge in [-0.1, -0.05) is 19.1 Å². The average molecular weight is 505 g/mol. The molecule has 3 rings (SSSR count). The number of hydrogen-bond donors (Lipinski definition) is 4. The first kappa shape index (κ1) is 26.5. The molecule has 0 bridgehead atoms. The SMILES string of the molecule is Cc1cnc2c(S(=O)(=O)N[C@@H](CCCN=CNN)C(=O)N3CC[C@@H](C)C[C@@H]3C(=O)O)cccc2c1. The number of amides is 1. The molecule has 0 saturated carbocycles. The number of rotatable bonds is 10. The Morgan fingerprint density at radius 2 is 2.17 bits per heavy atom. The molecule has 1 fully saturated rings. The van der Waals surface area contributed by atoms with E-state index in [0.29, 0.717) is 36.7 Å². The van der Waals surface area contributed by atoms with Gasteiger partial charge in [-0.25, -0.2) is 19.1 Å². The summed E-state index contributed by atoms with van der Waals surface area (Å²) in [5.41, 5.74) is 3.47. The molecule has 0 aliphatic carbocycles. The largest absolute Gasteiger partial charge is 0.480 e. The summed E-state index contributed by atoms with van der Waals surface area (Å²) in [5, 5.41) is 10.4. The van der Waals surface area contributed by atoms with Crippen LogP contribution in [0.15, 0.2) is 40.4 Å². The standard InChI is InChI=1S/C23H32N6O5S/c1-15-8-10-29(19(12-15)23(31)32)22(30)18(6-4-9-25-14-27-24)28-35(33,34)20-7-3-5-17-11-16(2)13-26-21(17)20/h3,5,7,11,13-15,18-19,28H,4,6,8-10,12,24H2,1-2H3,(H,25,27)(H,31,32)/t15-,18+,19-/m1/s1. The summed E-state index contributed by atoms with van der Waals surface area (Å²) < 4.78 is 29.4. The number of aromatic nitrogens is 1. The number of carbonyl (C=O) groups is 2. The van der Waals surface area contributed by atoms with E-state index in [9.17, 15) is 23.1 Å². The fourth-order valence-corrected chi connectivity index (χ4v) is 5.69. The van der Waals surface area contributed by atoms with Gasteiger partial charge in [0, 0.05) is 24.7 Å². The molecule has 11 nitrogen and oxygen atoms in total. The van der Waals surface area contributed by atoms with E-state index in [1.165, 1.54) is 17.3 Å². The minimum Gasteiger partial charge on any atom is -0.480 e. The predicted octanol–water partition coefficient (Wildman–Crippen LogP) is 1.17. The predicted molar refractivity (Wildman–Crippen MR) is 132 cm³/mol. The van der Waals surface area contributed by atoms with Crippen molar-refractivity contribution in [2.24, 2.45) is 16.8 Å². The first-order valence-electron chi connectivity index (χ1n) is 11.5. The summed E-state index contributed by atoms with van der Waals surface area (Å²) in [6, 6.07) is 4.51. The number of nitrogens with two attached hydrogens (primary N) is 1. The second-order valence-corrected chi connectivity index (χ2v) is 10.6. The smallest absolute Gasteiger partial charge is 0.326 e. The second kappa shape index (κ2) is 11.6. The molecule has 1 aliphatic heterocycles. The molecule has 3 atom stereocenters. The van der Waals surface area contributed by atoms with Crippen LogP contribution < -0.4 is 16.0 Å². The number of pyridine rings is 1. The van der Waals surface area contributed by atoms with Crippen molar-refractivity contribution in [2.75, 3.05) is 13.1 Å². The zero-order valence-electron chi connectivity index (χ0n) is 19.8. The molecule has 0 spiro atoms. The van der Waals surface area contributed by atoms with Crippen LogP contribution in [0.25, 0.3) is 10.9 Å². The van der Waals surface area contributed by atoms with Gasteiger partial charge in [-0.2, -0.15) is 4.72 Å². The number of carbonyl (C=O) groups excluding carboxylic acids is 1. The fourth-order valence-electron chi connectivity index (χ4n) is 4.29. The summed E-state index contributed by atoms with van der Waals surface area (Å²) >= 11 is 0. The number of likely N-dealkylation sites (tertiary alicyclic amines) is 1. The van der Waals surface area contributed by atoms with Gasteiger partial charge in [0.15, 0.2) is 0 Å². The number of hydrogen-bond acceptors (Lipinski definition) is 7. The number of aryl methyl sites for hydroxylation is 1. The third kappa shape index (κ3) is 6.53. The number of nitrogens with zero attached hydrogens (tertiary/aromatic N) is 3. The van der Waals surface area contributed by atoms with Crippen molar-refractivity contribution in [3.05, 3.63) is 36.0 Å². The van der Waals surface area contributed by atoms with Gasteiger partial charge in [0.2, 0.25) is 15.9 Å². The van der Waals surface area contributed by atoms with Crippen LogP contribution in [0.5, 0.6) is 0 Å². The van der Waals surface area contributed by atoms with E-state index in [1.54, 1.807) is 18.3 Å². The van der Waals surface area contributed by atoms with Gasteiger partial charge in [0.25, 0.3) is 0 Å². The Morgan fingerprint density at radius 3 is 2.89 bits per heavy atom. The van der Waals surface area contributed by atoms with Crippen LogP contribution in [0.4, 0.5) is 0 Å². The number of piperidine rings is 1. The van der Waals surface area contributed by atoms with Crippen LogP contribution in [-0.2, 0) is 19.6 Å². The lowest BCUT2D eigenvalue weighted by Crippen LogP contribution is -2.56. The Bertz CT molecular complexity index is 1200. The summed E-state index contributed by atoms with van der Waals surface area (Å²) in [6.45, 7) is 4.36. The zero-order chi connectivity index (χ0) is 25.6. The highest BCUT2D eigenvalue weighted by Gasteiger charge is 2.38. The van der Waals surface area contributed by atoms with Crippen LogP contribution >= 0.6 is 0 Å². The van der Waals surface area contributed by atoms with E-state index in [1.807, 2.05) is 19.9 Å². The van der Waals surface area contributed by atoms with E-state index in [2.05, 4.69) is 20.1 Å². The van der Waals surface area contributed by atoms with Crippen LogP contribution in [0.1, 0.15) is 38.2 Å². The number of carboxylic acid groups (broad SMARTS) is 1. The van der Waals surface area contributed by atoms with Crippen molar-refractivity contribution < 1.29 is 23.1 Å². The van der Waals surface area contributed by atoms with Crippen LogP contribution in [0.3, 0.4) is 0 Å². The summed E-state index contributed by atoms with van der Waals surface area (Å²) in [6.07, 6.45) is 4.37. The number of fused-ring (bicyclic) bond motifs is 1. The van der Waals surface area contributed by atoms with Crippen molar-refractivity contribution in [3.63, 3.8) is 0 Å². The number of carboxylic acids is 1. The molecule has 1 aromatic heterocycles. The highest BCUT2D eigenvalue weighted by atomic mass is 32.2. The van der Waals surface area contributed by atoms with Crippen molar-refractivity contribution in [3.8, 4) is 0 Å². The van der Waals surface area contributed by atoms with Gasteiger partial charge >= 0.3 is 5.97 Å². The first-order chi connectivity index (χ1) is 16.6. The molecule has 190 valence electrons. The van der Waals surface area contributed by atoms with Crippen molar-refractivity contribution in [1.82, 2.24) is 20.0 Å². The van der Waals surface area contributed by atoms with Crippen molar-refractivity contribution in [1.29, 1.82) is 0 Å². The van der Waals surface area contributed by atoms with Gasteiger partial charge in [-0.3, -0.25) is 14.8 Å². The lowest BCUT2D eigenvalue weighted by atomic mass is 9.91. The molecule has 2 heterocycles. The topological polar surface area (TPSA) is 167 Å². The van der Waals surface area contributed by atoms with Gasteiger partial charge in [0.1, 0.15) is 17.0 Å². The highest BCUT2D eigenvalue weighted by Crippen LogP contribution is 2.26. The molecule has 2 aromatic rings. The monoisotopic (exact) mass is 504 g/mol. The summed E-state index contributed by atoms with van der Waals surface area (Å²) in [7, 11) is -4.16. The molecular weight excluding hydrogens is 472 g/mol. The van der Waals surface area contributed by atoms with E-state index in [0.717, 1.165) is 5.56 Å². The van der Waals surface area contributed by atoms with Gasteiger partial charge < -0.3 is 15.4 Å². The number of aliphatic imine (C=N–C) groups is 1. The summed E-state index contributed by atoms with van der Waals surface area (Å²) in [4.78, 5) is 34.9. The van der Waals surface area contributed by atoms with Gasteiger partial charge in [0.05, 0.1) is 11.9 Å². The molecule has 1 aliphatic rings. The average Bonchev–Trinajstić information content (AvgIpc) is 2.82. The highest BCUT2D eigenvalue weighted by molar-refractivity contribution is 7.89. The molecule has 12 heteroatoms. The van der Waals surface area contributed by atoms with E-state index in [4.69, 9.17) is 5.84 Å². The van der Waals surface area contributed by atoms with Gasteiger partial charge in [-0.05, 0) is 56.2 Å². The van der Waals surface area contributed by atoms with Crippen molar-refractivity contribution >= 4 is 39.1 Å². The zero-order valence-corrected chi connectivity index (χ0v) is 20.7.